The Bertz CT molecular complexity index is 421. The Labute approximate surface area is 132 Å². The summed E-state index contributed by atoms with van der Waals surface area (Å²) in [6, 6.07) is 3.73. The highest BCUT2D eigenvalue weighted by molar-refractivity contribution is 5.94. The van der Waals surface area contributed by atoms with Crippen LogP contribution in [0.5, 0.6) is 0 Å². The predicted octanol–water partition coefficient (Wildman–Crippen LogP) is 1.46. The lowest BCUT2D eigenvalue weighted by Gasteiger charge is -2.16. The minimum absolute atomic E-state index is 0. The van der Waals surface area contributed by atoms with Crippen LogP contribution in [0.25, 0.3) is 0 Å². The molecule has 0 aromatic carbocycles. The maximum atomic E-state index is 12.0. The molecule has 1 aliphatic rings. The average Bonchev–Trinajstić information content (AvgIpc) is 3.20. The SMILES string of the molecule is CN(C)c1ccc(C(=O)NC(CN)C2CC2)cn1.Cl.Cl. The monoisotopic (exact) mass is 320 g/mol. The lowest BCUT2D eigenvalue weighted by Crippen LogP contribution is -2.41. The number of halogens is 2. The summed E-state index contributed by atoms with van der Waals surface area (Å²) in [6.07, 6.45) is 3.94. The Kier molecular flexibility index (Phi) is 7.86. The first-order chi connectivity index (χ1) is 8.61. The minimum Gasteiger partial charge on any atom is -0.363 e. The summed E-state index contributed by atoms with van der Waals surface area (Å²) in [5.74, 6) is 1.31. The molecule has 0 radical (unpaired) electrons. The third-order valence-electron chi connectivity index (χ3n) is 3.23. The number of carbonyl (C=O) groups is 1. The smallest absolute Gasteiger partial charge is 0.253 e. The highest BCUT2D eigenvalue weighted by atomic mass is 35.5. The van der Waals surface area contributed by atoms with Crippen molar-refractivity contribution in [3.8, 4) is 0 Å². The van der Waals surface area contributed by atoms with Gasteiger partial charge in [-0.05, 0) is 30.9 Å². The number of nitrogens with zero attached hydrogens (tertiary/aromatic N) is 2. The Morgan fingerprint density at radius 1 is 1.45 bits per heavy atom. The fraction of sp³-hybridized carbons (Fsp3) is 0.538. The second kappa shape index (κ2) is 8.29. The summed E-state index contributed by atoms with van der Waals surface area (Å²) in [4.78, 5) is 18.1. The van der Waals surface area contributed by atoms with Crippen LogP contribution in [0.15, 0.2) is 18.3 Å². The van der Waals surface area contributed by atoms with E-state index in [9.17, 15) is 4.79 Å². The van der Waals surface area contributed by atoms with Crippen molar-refractivity contribution < 1.29 is 4.79 Å². The molecule has 1 amide bonds. The summed E-state index contributed by atoms with van der Waals surface area (Å²) in [5, 5.41) is 2.98. The highest BCUT2D eigenvalue weighted by Crippen LogP contribution is 2.32. The first kappa shape index (κ1) is 19.0. The van der Waals surface area contributed by atoms with Crippen molar-refractivity contribution in [1.82, 2.24) is 10.3 Å². The molecule has 7 heteroatoms. The van der Waals surface area contributed by atoms with Crippen LogP contribution in [-0.2, 0) is 0 Å². The van der Waals surface area contributed by atoms with E-state index in [1.165, 1.54) is 12.8 Å². The Morgan fingerprint density at radius 2 is 2.10 bits per heavy atom. The molecule has 20 heavy (non-hydrogen) atoms. The number of rotatable bonds is 5. The van der Waals surface area contributed by atoms with Crippen LogP contribution in [0.2, 0.25) is 0 Å². The Morgan fingerprint density at radius 3 is 2.50 bits per heavy atom. The second-order valence-corrected chi connectivity index (χ2v) is 4.95. The van der Waals surface area contributed by atoms with Gasteiger partial charge in [-0.3, -0.25) is 4.79 Å². The van der Waals surface area contributed by atoms with Gasteiger partial charge in [-0.2, -0.15) is 0 Å². The van der Waals surface area contributed by atoms with Gasteiger partial charge in [-0.1, -0.05) is 0 Å². The normalized spacial score (nSPS) is 14.6. The van der Waals surface area contributed by atoms with Crippen LogP contribution >= 0.6 is 24.8 Å². The fourth-order valence-corrected chi connectivity index (χ4v) is 1.90. The van der Waals surface area contributed by atoms with Gasteiger partial charge in [0.1, 0.15) is 5.82 Å². The standard InChI is InChI=1S/C13H20N4O.2ClH/c1-17(2)12-6-5-10(8-15-12)13(18)16-11(7-14)9-3-4-9;;/h5-6,8-9,11H,3-4,7,14H2,1-2H3,(H,16,18);2*1H. The molecular weight excluding hydrogens is 299 g/mol. The summed E-state index contributed by atoms with van der Waals surface area (Å²) in [5.41, 5.74) is 6.25. The molecule has 0 saturated heterocycles. The van der Waals surface area contributed by atoms with Gasteiger partial charge in [-0.15, -0.1) is 24.8 Å². The molecular formula is C13H22Cl2N4O. The van der Waals surface area contributed by atoms with Crippen LogP contribution in [0, 0.1) is 5.92 Å². The summed E-state index contributed by atoms with van der Waals surface area (Å²) in [6.45, 7) is 0.500. The van der Waals surface area contributed by atoms with Crippen LogP contribution in [-0.4, -0.2) is 37.6 Å². The van der Waals surface area contributed by atoms with Gasteiger partial charge in [0.2, 0.25) is 0 Å². The van der Waals surface area contributed by atoms with E-state index in [-0.39, 0.29) is 36.8 Å². The number of amides is 1. The molecule has 5 nitrogen and oxygen atoms in total. The number of anilines is 1. The second-order valence-electron chi connectivity index (χ2n) is 4.95. The van der Waals surface area contributed by atoms with E-state index < -0.39 is 0 Å². The molecule has 1 aliphatic carbocycles. The minimum atomic E-state index is -0.0878. The van der Waals surface area contributed by atoms with Crippen molar-refractivity contribution in [2.24, 2.45) is 11.7 Å². The zero-order valence-electron chi connectivity index (χ0n) is 11.7. The number of hydrogen-bond donors (Lipinski definition) is 2. The van der Waals surface area contributed by atoms with Crippen LogP contribution < -0.4 is 16.0 Å². The van der Waals surface area contributed by atoms with Crippen molar-refractivity contribution >= 4 is 36.5 Å². The van der Waals surface area contributed by atoms with Gasteiger partial charge in [-0.25, -0.2) is 4.98 Å². The van der Waals surface area contributed by atoms with E-state index in [0.717, 1.165) is 5.82 Å². The van der Waals surface area contributed by atoms with Crippen molar-refractivity contribution in [2.45, 2.75) is 18.9 Å². The van der Waals surface area contributed by atoms with Crippen LogP contribution in [0.3, 0.4) is 0 Å². The molecule has 3 N–H and O–H groups in total. The average molecular weight is 321 g/mol. The van der Waals surface area contributed by atoms with E-state index >= 15 is 0 Å². The number of nitrogens with two attached hydrogens (primary N) is 1. The maximum Gasteiger partial charge on any atom is 0.253 e. The van der Waals surface area contributed by atoms with E-state index in [0.29, 0.717) is 18.0 Å². The molecule has 2 rings (SSSR count). The van der Waals surface area contributed by atoms with Gasteiger partial charge in [0, 0.05) is 32.9 Å². The number of hydrogen-bond acceptors (Lipinski definition) is 4. The molecule has 114 valence electrons. The van der Waals surface area contributed by atoms with Crippen LogP contribution in [0.4, 0.5) is 5.82 Å². The molecule has 1 atom stereocenters. The van der Waals surface area contributed by atoms with Gasteiger partial charge in [0.15, 0.2) is 0 Å². The van der Waals surface area contributed by atoms with E-state index in [4.69, 9.17) is 5.73 Å². The zero-order chi connectivity index (χ0) is 13.1. The first-order valence-electron chi connectivity index (χ1n) is 6.26. The molecule has 1 aromatic rings. The third-order valence-corrected chi connectivity index (χ3v) is 3.23. The van der Waals surface area contributed by atoms with Crippen molar-refractivity contribution in [1.29, 1.82) is 0 Å². The Hall–Kier alpha value is -1.04. The van der Waals surface area contributed by atoms with Gasteiger partial charge in [0.25, 0.3) is 5.91 Å². The largest absolute Gasteiger partial charge is 0.363 e. The lowest BCUT2D eigenvalue weighted by molar-refractivity contribution is 0.0933. The fourth-order valence-electron chi connectivity index (χ4n) is 1.90. The number of pyridine rings is 1. The molecule has 1 aromatic heterocycles. The van der Waals surface area contributed by atoms with Crippen molar-refractivity contribution in [2.75, 3.05) is 25.5 Å². The Balaban J connectivity index is 0.00000180. The maximum absolute atomic E-state index is 12.0. The molecule has 1 fully saturated rings. The molecule has 0 bridgehead atoms. The van der Waals surface area contributed by atoms with E-state index in [2.05, 4.69) is 10.3 Å². The molecule has 1 saturated carbocycles. The topological polar surface area (TPSA) is 71.2 Å². The van der Waals surface area contributed by atoms with E-state index in [1.807, 2.05) is 25.1 Å². The number of nitrogens with one attached hydrogen (secondary N) is 1. The number of aromatic nitrogens is 1. The quantitative estimate of drug-likeness (QED) is 0.861. The lowest BCUT2D eigenvalue weighted by atomic mass is 10.1. The van der Waals surface area contributed by atoms with Gasteiger partial charge in [0.05, 0.1) is 5.56 Å². The number of carbonyl (C=O) groups excluding carboxylic acids is 1. The summed E-state index contributed by atoms with van der Waals surface area (Å²) < 4.78 is 0. The van der Waals surface area contributed by atoms with E-state index in [1.54, 1.807) is 12.3 Å². The zero-order valence-corrected chi connectivity index (χ0v) is 13.3. The van der Waals surface area contributed by atoms with Crippen molar-refractivity contribution in [3.05, 3.63) is 23.9 Å². The van der Waals surface area contributed by atoms with Gasteiger partial charge >= 0.3 is 0 Å². The summed E-state index contributed by atoms with van der Waals surface area (Å²) in [7, 11) is 3.83. The highest BCUT2D eigenvalue weighted by Gasteiger charge is 2.31. The molecule has 0 spiro atoms. The van der Waals surface area contributed by atoms with Crippen LogP contribution in [0.1, 0.15) is 23.2 Å². The third kappa shape index (κ3) is 4.81. The first-order valence-corrected chi connectivity index (χ1v) is 6.26. The predicted molar refractivity (Wildman–Crippen MR) is 86.1 cm³/mol. The molecule has 1 heterocycles. The van der Waals surface area contributed by atoms with Crippen molar-refractivity contribution in [3.63, 3.8) is 0 Å². The summed E-state index contributed by atoms with van der Waals surface area (Å²) >= 11 is 0. The van der Waals surface area contributed by atoms with Gasteiger partial charge < -0.3 is 16.0 Å². The molecule has 1 unspecified atom stereocenters. The molecule has 0 aliphatic heterocycles.